The van der Waals surface area contributed by atoms with Crippen LogP contribution in [0.4, 0.5) is 17.6 Å². The molecular formula is C17H21F4NO5S2. The molecule has 1 amide bonds. The number of carbonyl (C=O) groups excluding carboxylic acids is 1. The standard InChI is InChI=1S/C15H20FNO3S2.C2HF3O2/c16-13-6-4-12(5-7-13)2-1-3-14(18)17-9-11-22-21-10-8-15(19)20;3-2(4,5)1(6)7/h4-7H,1-3,8-11H2,(H,17,18)(H,19,20);(H,6,7). The van der Waals surface area contributed by atoms with Gasteiger partial charge in [0.1, 0.15) is 5.82 Å². The predicted molar refractivity (Wildman–Crippen MR) is 103 cm³/mol. The average molecular weight is 459 g/mol. The van der Waals surface area contributed by atoms with Gasteiger partial charge >= 0.3 is 18.1 Å². The molecule has 0 heterocycles. The van der Waals surface area contributed by atoms with E-state index in [2.05, 4.69) is 5.32 Å². The van der Waals surface area contributed by atoms with Gasteiger partial charge in [0.05, 0.1) is 6.42 Å². The van der Waals surface area contributed by atoms with Gasteiger partial charge in [-0.05, 0) is 30.5 Å². The SMILES string of the molecule is O=C(O)C(F)(F)F.O=C(O)CCSSCCNC(=O)CCCc1ccc(F)cc1. The molecule has 0 saturated heterocycles. The maximum absolute atomic E-state index is 12.7. The van der Waals surface area contributed by atoms with Gasteiger partial charge in [0.15, 0.2) is 0 Å². The first-order chi connectivity index (χ1) is 13.5. The van der Waals surface area contributed by atoms with Crippen LogP contribution in [-0.2, 0) is 20.8 Å². The molecule has 0 unspecified atom stereocenters. The van der Waals surface area contributed by atoms with E-state index in [9.17, 15) is 27.2 Å². The van der Waals surface area contributed by atoms with Crippen LogP contribution in [0.5, 0.6) is 0 Å². The van der Waals surface area contributed by atoms with E-state index in [0.717, 1.165) is 24.2 Å². The van der Waals surface area contributed by atoms with Gasteiger partial charge < -0.3 is 15.5 Å². The van der Waals surface area contributed by atoms with Gasteiger partial charge in [0.2, 0.25) is 5.91 Å². The van der Waals surface area contributed by atoms with Crippen LogP contribution in [0, 0.1) is 5.82 Å². The summed E-state index contributed by atoms with van der Waals surface area (Å²) in [6.07, 6.45) is -2.98. The van der Waals surface area contributed by atoms with Crippen molar-refractivity contribution in [1.29, 1.82) is 0 Å². The maximum Gasteiger partial charge on any atom is 0.490 e. The lowest BCUT2D eigenvalue weighted by Gasteiger charge is -2.05. The van der Waals surface area contributed by atoms with Gasteiger partial charge in [-0.25, -0.2) is 9.18 Å². The molecular weight excluding hydrogens is 438 g/mol. The maximum atomic E-state index is 12.7. The molecule has 0 radical (unpaired) electrons. The van der Waals surface area contributed by atoms with E-state index in [0.29, 0.717) is 18.7 Å². The smallest absolute Gasteiger partial charge is 0.481 e. The third-order valence-corrected chi connectivity index (χ3v) is 5.42. The number of hydrogen-bond donors (Lipinski definition) is 3. The van der Waals surface area contributed by atoms with Gasteiger partial charge in [-0.1, -0.05) is 33.7 Å². The molecule has 29 heavy (non-hydrogen) atoms. The zero-order valence-electron chi connectivity index (χ0n) is 15.2. The number of alkyl halides is 3. The van der Waals surface area contributed by atoms with E-state index in [-0.39, 0.29) is 18.1 Å². The van der Waals surface area contributed by atoms with Crippen LogP contribution in [0.25, 0.3) is 0 Å². The zero-order valence-corrected chi connectivity index (χ0v) is 16.8. The molecule has 0 aliphatic rings. The topological polar surface area (TPSA) is 104 Å². The molecule has 0 fully saturated rings. The van der Waals surface area contributed by atoms with Crippen molar-refractivity contribution < 1.29 is 42.2 Å². The summed E-state index contributed by atoms with van der Waals surface area (Å²) < 4.78 is 44.5. The first-order valence-electron chi connectivity index (χ1n) is 8.30. The zero-order chi connectivity index (χ0) is 22.3. The van der Waals surface area contributed by atoms with Crippen molar-refractivity contribution in [3.8, 4) is 0 Å². The number of carboxylic acids is 2. The van der Waals surface area contributed by atoms with Crippen LogP contribution < -0.4 is 5.32 Å². The van der Waals surface area contributed by atoms with Gasteiger partial charge in [0, 0.05) is 24.5 Å². The molecule has 12 heteroatoms. The van der Waals surface area contributed by atoms with E-state index in [1.54, 1.807) is 22.9 Å². The number of aryl methyl sites for hydroxylation is 1. The van der Waals surface area contributed by atoms with Crippen molar-refractivity contribution in [2.75, 3.05) is 18.1 Å². The van der Waals surface area contributed by atoms with Crippen LogP contribution in [0.1, 0.15) is 24.8 Å². The lowest BCUT2D eigenvalue weighted by Crippen LogP contribution is -2.25. The normalized spacial score (nSPS) is 10.6. The predicted octanol–water partition coefficient (Wildman–Crippen LogP) is 3.75. The van der Waals surface area contributed by atoms with Crippen LogP contribution in [-0.4, -0.2) is 52.3 Å². The number of aliphatic carboxylic acids is 2. The van der Waals surface area contributed by atoms with E-state index in [4.69, 9.17) is 15.0 Å². The third-order valence-electron chi connectivity index (χ3n) is 3.02. The van der Waals surface area contributed by atoms with E-state index in [1.165, 1.54) is 22.9 Å². The number of carbonyl (C=O) groups is 3. The van der Waals surface area contributed by atoms with E-state index < -0.39 is 18.1 Å². The number of nitrogens with one attached hydrogen (secondary N) is 1. The summed E-state index contributed by atoms with van der Waals surface area (Å²) in [5.74, 6) is -2.45. The molecule has 0 atom stereocenters. The van der Waals surface area contributed by atoms with Gasteiger partial charge in [0.25, 0.3) is 0 Å². The lowest BCUT2D eigenvalue weighted by molar-refractivity contribution is -0.192. The lowest BCUT2D eigenvalue weighted by atomic mass is 10.1. The number of amides is 1. The number of benzene rings is 1. The van der Waals surface area contributed by atoms with Gasteiger partial charge in [-0.3, -0.25) is 9.59 Å². The fourth-order valence-corrected chi connectivity index (χ4v) is 3.56. The van der Waals surface area contributed by atoms with Crippen LogP contribution in [0.15, 0.2) is 24.3 Å². The van der Waals surface area contributed by atoms with Crippen molar-refractivity contribution in [1.82, 2.24) is 5.32 Å². The Hall–Kier alpha value is -1.95. The highest BCUT2D eigenvalue weighted by atomic mass is 33.1. The molecule has 0 aliphatic heterocycles. The number of rotatable bonds is 11. The van der Waals surface area contributed by atoms with Crippen molar-refractivity contribution in [2.45, 2.75) is 31.9 Å². The summed E-state index contributed by atoms with van der Waals surface area (Å²) in [7, 11) is 3.07. The number of hydrogen-bond acceptors (Lipinski definition) is 5. The average Bonchev–Trinajstić information content (AvgIpc) is 2.62. The molecule has 0 saturated carbocycles. The Morgan fingerprint density at radius 3 is 2.03 bits per heavy atom. The highest BCUT2D eigenvalue weighted by molar-refractivity contribution is 8.76. The summed E-state index contributed by atoms with van der Waals surface area (Å²) in [6.45, 7) is 0.583. The molecule has 1 rings (SSSR count). The van der Waals surface area contributed by atoms with Crippen molar-refractivity contribution in [2.24, 2.45) is 0 Å². The molecule has 0 bridgehead atoms. The first-order valence-corrected chi connectivity index (χ1v) is 10.8. The molecule has 0 spiro atoms. The second-order valence-electron chi connectivity index (χ2n) is 5.42. The molecule has 1 aromatic carbocycles. The largest absolute Gasteiger partial charge is 0.490 e. The van der Waals surface area contributed by atoms with Crippen molar-refractivity contribution >= 4 is 39.4 Å². The Morgan fingerprint density at radius 1 is 0.966 bits per heavy atom. The molecule has 0 aliphatic carbocycles. The van der Waals surface area contributed by atoms with E-state index in [1.807, 2.05) is 0 Å². The number of halogens is 4. The molecule has 1 aromatic rings. The minimum absolute atomic E-state index is 0.0123. The third kappa shape index (κ3) is 16.7. The van der Waals surface area contributed by atoms with Gasteiger partial charge in [-0.15, -0.1) is 0 Å². The van der Waals surface area contributed by atoms with E-state index >= 15 is 0 Å². The van der Waals surface area contributed by atoms with Crippen LogP contribution in [0.2, 0.25) is 0 Å². The Balaban J connectivity index is 0.000000956. The number of carboxylic acid groups (broad SMARTS) is 2. The Kier molecular flexibility index (Phi) is 14.0. The molecule has 0 aromatic heterocycles. The quantitative estimate of drug-likeness (QED) is 0.263. The summed E-state index contributed by atoms with van der Waals surface area (Å²) in [6, 6.07) is 6.32. The Morgan fingerprint density at radius 2 is 1.52 bits per heavy atom. The second kappa shape index (κ2) is 15.0. The summed E-state index contributed by atoms with van der Waals surface area (Å²) in [5.41, 5.74) is 1.03. The highest BCUT2D eigenvalue weighted by Gasteiger charge is 2.38. The summed E-state index contributed by atoms with van der Waals surface area (Å²) in [5, 5.41) is 18.4. The summed E-state index contributed by atoms with van der Waals surface area (Å²) >= 11 is 0. The van der Waals surface area contributed by atoms with Crippen LogP contribution in [0.3, 0.4) is 0 Å². The fourth-order valence-electron chi connectivity index (χ4n) is 1.67. The first kappa shape index (κ1) is 27.0. The minimum Gasteiger partial charge on any atom is -0.481 e. The van der Waals surface area contributed by atoms with Gasteiger partial charge in [-0.2, -0.15) is 13.2 Å². The monoisotopic (exact) mass is 459 g/mol. The minimum atomic E-state index is -5.08. The summed E-state index contributed by atoms with van der Waals surface area (Å²) in [4.78, 5) is 30.8. The molecule has 3 N–H and O–H groups in total. The highest BCUT2D eigenvalue weighted by Crippen LogP contribution is 2.20. The van der Waals surface area contributed by atoms with Crippen molar-refractivity contribution in [3.05, 3.63) is 35.6 Å². The fraction of sp³-hybridized carbons (Fsp3) is 0.471. The Bertz CT molecular complexity index is 642. The Labute approximate surface area is 172 Å². The van der Waals surface area contributed by atoms with Crippen LogP contribution >= 0.6 is 21.6 Å². The van der Waals surface area contributed by atoms with Crippen molar-refractivity contribution in [3.63, 3.8) is 0 Å². The molecule has 164 valence electrons. The second-order valence-corrected chi connectivity index (χ2v) is 8.12. The molecule has 6 nitrogen and oxygen atoms in total.